The molecule has 0 unspecified atom stereocenters. The Balaban J connectivity index is 2.07. The predicted molar refractivity (Wildman–Crippen MR) is 102 cm³/mol. The number of aromatic carboxylic acids is 1. The van der Waals surface area contributed by atoms with Crippen molar-refractivity contribution in [2.45, 2.75) is 0 Å². The summed E-state index contributed by atoms with van der Waals surface area (Å²) in [6.07, 6.45) is 0. The summed E-state index contributed by atoms with van der Waals surface area (Å²) in [5.41, 5.74) is 6.73. The van der Waals surface area contributed by atoms with Gasteiger partial charge in [0.25, 0.3) is 0 Å². The number of imidazole rings is 1. The first kappa shape index (κ1) is 16.8. The van der Waals surface area contributed by atoms with Crippen molar-refractivity contribution in [2.75, 3.05) is 0 Å². The van der Waals surface area contributed by atoms with Gasteiger partial charge in [-0.25, -0.2) is 9.78 Å². The van der Waals surface area contributed by atoms with Crippen molar-refractivity contribution in [2.24, 2.45) is 5.73 Å². The molecule has 0 bridgehead atoms. The molecule has 9 heteroatoms. The normalized spacial score (nSPS) is 11.3. The first-order chi connectivity index (χ1) is 12.4. The first-order valence-corrected chi connectivity index (χ1v) is 8.88. The van der Waals surface area contributed by atoms with Gasteiger partial charge in [0.05, 0.1) is 26.7 Å². The van der Waals surface area contributed by atoms with Crippen molar-refractivity contribution in [3.05, 3.63) is 50.8 Å². The van der Waals surface area contributed by atoms with Gasteiger partial charge >= 0.3 is 5.97 Å². The molecule has 0 aliphatic carbocycles. The van der Waals surface area contributed by atoms with Crippen LogP contribution in [0.3, 0.4) is 0 Å². The lowest BCUT2D eigenvalue weighted by Crippen LogP contribution is -2.11. The van der Waals surface area contributed by atoms with Crippen molar-refractivity contribution in [3.8, 4) is 11.4 Å². The maximum Gasteiger partial charge on any atom is 0.346 e. The maximum atomic E-state index is 11.7. The fourth-order valence-corrected chi connectivity index (χ4v) is 4.53. The second kappa shape index (κ2) is 5.98. The number of thiophene rings is 1. The molecule has 0 aliphatic rings. The number of hydrogen-bond acceptors (Lipinski definition) is 4. The van der Waals surface area contributed by atoms with Crippen LogP contribution in [0.15, 0.2) is 30.3 Å². The third-order valence-electron chi connectivity index (χ3n) is 3.95. The number of carboxylic acids is 1. The molecule has 2 aromatic carbocycles. The van der Waals surface area contributed by atoms with Gasteiger partial charge < -0.3 is 15.8 Å². The van der Waals surface area contributed by atoms with E-state index in [0.29, 0.717) is 32.8 Å². The summed E-state index contributed by atoms with van der Waals surface area (Å²) >= 11 is 13.7. The van der Waals surface area contributed by atoms with Crippen LogP contribution in [0.4, 0.5) is 0 Å². The molecule has 2 aromatic heterocycles. The van der Waals surface area contributed by atoms with E-state index in [0.717, 1.165) is 16.0 Å². The molecule has 1 amide bonds. The Hall–Kier alpha value is -2.61. The van der Waals surface area contributed by atoms with E-state index in [1.165, 1.54) is 6.07 Å². The molecule has 0 saturated carbocycles. The molecule has 0 fully saturated rings. The van der Waals surface area contributed by atoms with E-state index in [2.05, 4.69) is 9.97 Å². The molecule has 6 nitrogen and oxygen atoms in total. The van der Waals surface area contributed by atoms with Gasteiger partial charge in [0.1, 0.15) is 16.2 Å². The standard InChI is InChI=1S/C17H9Cl2N3O3S/c18-7-2-1-3-9-10(7)11(14(26-9)17(24)25)16-21-8-5-4-6(15(20)23)12(19)13(8)22-16/h1-5H,(H2,20,23)(H,21,22)(H,24,25). The number of carbonyl (C=O) groups excluding carboxylic acids is 1. The van der Waals surface area contributed by atoms with Crippen LogP contribution in [0.25, 0.3) is 32.5 Å². The van der Waals surface area contributed by atoms with Crippen LogP contribution in [0, 0.1) is 0 Å². The number of nitrogens with one attached hydrogen (secondary N) is 1. The minimum atomic E-state index is -1.08. The topological polar surface area (TPSA) is 109 Å². The van der Waals surface area contributed by atoms with Crippen molar-refractivity contribution >= 4 is 67.5 Å². The van der Waals surface area contributed by atoms with Crippen LogP contribution in [-0.4, -0.2) is 27.0 Å². The average molecular weight is 406 g/mol. The molecular formula is C17H9Cl2N3O3S. The number of benzene rings is 2. The molecule has 4 aromatic rings. The Kier molecular flexibility index (Phi) is 3.87. The molecule has 0 saturated heterocycles. The van der Waals surface area contributed by atoms with Crippen molar-refractivity contribution in [3.63, 3.8) is 0 Å². The largest absolute Gasteiger partial charge is 0.477 e. The van der Waals surface area contributed by atoms with E-state index in [1.807, 2.05) is 0 Å². The van der Waals surface area contributed by atoms with Gasteiger partial charge in [-0.3, -0.25) is 4.79 Å². The van der Waals surface area contributed by atoms with Gasteiger partial charge in [-0.15, -0.1) is 11.3 Å². The zero-order valence-corrected chi connectivity index (χ0v) is 15.2. The minimum Gasteiger partial charge on any atom is -0.477 e. The molecule has 26 heavy (non-hydrogen) atoms. The summed E-state index contributed by atoms with van der Waals surface area (Å²) in [5.74, 6) is -1.45. The number of nitrogens with zero attached hydrogens (tertiary/aromatic N) is 1. The van der Waals surface area contributed by atoms with E-state index < -0.39 is 11.9 Å². The molecule has 0 atom stereocenters. The summed E-state index contributed by atoms with van der Waals surface area (Å²) in [4.78, 5) is 30.8. The molecule has 0 aliphatic heterocycles. The fourth-order valence-electron chi connectivity index (χ4n) is 2.83. The molecule has 130 valence electrons. The monoisotopic (exact) mass is 405 g/mol. The number of carboxylic acid groups (broad SMARTS) is 1. The lowest BCUT2D eigenvalue weighted by atomic mass is 10.1. The van der Waals surface area contributed by atoms with E-state index in [4.69, 9.17) is 28.9 Å². The van der Waals surface area contributed by atoms with Crippen LogP contribution in [0.5, 0.6) is 0 Å². The number of primary amides is 1. The van der Waals surface area contributed by atoms with Gasteiger partial charge in [0.2, 0.25) is 5.91 Å². The summed E-state index contributed by atoms with van der Waals surface area (Å²) in [7, 11) is 0. The highest BCUT2D eigenvalue weighted by molar-refractivity contribution is 7.21. The number of rotatable bonds is 3. The maximum absolute atomic E-state index is 11.7. The quantitative estimate of drug-likeness (QED) is 0.464. The highest BCUT2D eigenvalue weighted by Gasteiger charge is 2.24. The third-order valence-corrected chi connectivity index (χ3v) is 5.79. The zero-order chi connectivity index (χ0) is 18.6. The fraction of sp³-hybridized carbons (Fsp3) is 0. The van der Waals surface area contributed by atoms with Gasteiger partial charge in [0, 0.05) is 10.1 Å². The van der Waals surface area contributed by atoms with Crippen molar-refractivity contribution in [1.29, 1.82) is 0 Å². The van der Waals surface area contributed by atoms with Crippen LogP contribution in [-0.2, 0) is 0 Å². The number of H-pyrrole nitrogens is 1. The Morgan fingerprint density at radius 1 is 1.19 bits per heavy atom. The van der Waals surface area contributed by atoms with Crippen LogP contribution < -0.4 is 5.73 Å². The molecule has 4 N–H and O–H groups in total. The number of fused-ring (bicyclic) bond motifs is 2. The number of amides is 1. The second-order valence-electron chi connectivity index (χ2n) is 5.50. The number of halogens is 2. The highest BCUT2D eigenvalue weighted by Crippen LogP contribution is 2.42. The summed E-state index contributed by atoms with van der Waals surface area (Å²) in [6.45, 7) is 0. The molecule has 0 spiro atoms. The van der Waals surface area contributed by atoms with E-state index >= 15 is 0 Å². The van der Waals surface area contributed by atoms with Crippen LogP contribution >= 0.6 is 34.5 Å². The third kappa shape index (κ3) is 2.44. The van der Waals surface area contributed by atoms with Gasteiger partial charge in [0.15, 0.2) is 0 Å². The van der Waals surface area contributed by atoms with Crippen LogP contribution in [0.2, 0.25) is 10.0 Å². The minimum absolute atomic E-state index is 0.110. The summed E-state index contributed by atoms with van der Waals surface area (Å²) in [6, 6.07) is 8.35. The number of aromatic nitrogens is 2. The lowest BCUT2D eigenvalue weighted by molar-refractivity contribution is 0.0702. The number of carbonyl (C=O) groups is 2. The smallest absolute Gasteiger partial charge is 0.346 e. The Bertz CT molecular complexity index is 1230. The zero-order valence-electron chi connectivity index (χ0n) is 12.8. The number of aromatic amines is 1. The summed E-state index contributed by atoms with van der Waals surface area (Å²) < 4.78 is 0.731. The second-order valence-corrected chi connectivity index (χ2v) is 7.33. The highest BCUT2D eigenvalue weighted by atomic mass is 35.5. The Morgan fingerprint density at radius 2 is 1.96 bits per heavy atom. The molecule has 4 rings (SSSR count). The van der Waals surface area contributed by atoms with Gasteiger partial charge in [-0.05, 0) is 24.3 Å². The van der Waals surface area contributed by atoms with E-state index in [9.17, 15) is 14.7 Å². The predicted octanol–water partition coefficient (Wildman–Crippen LogP) is 4.55. The van der Waals surface area contributed by atoms with E-state index in [-0.39, 0.29) is 15.5 Å². The Morgan fingerprint density at radius 3 is 2.65 bits per heavy atom. The van der Waals surface area contributed by atoms with Gasteiger partial charge in [-0.2, -0.15) is 0 Å². The van der Waals surface area contributed by atoms with Gasteiger partial charge in [-0.1, -0.05) is 29.3 Å². The average Bonchev–Trinajstić information content (AvgIpc) is 3.16. The molecule has 0 radical (unpaired) electrons. The molecular weight excluding hydrogens is 397 g/mol. The number of hydrogen-bond donors (Lipinski definition) is 3. The Labute approximate surface area is 160 Å². The lowest BCUT2D eigenvalue weighted by Gasteiger charge is -1.99. The van der Waals surface area contributed by atoms with E-state index in [1.54, 1.807) is 24.3 Å². The van der Waals surface area contributed by atoms with Crippen molar-refractivity contribution < 1.29 is 14.7 Å². The van der Waals surface area contributed by atoms with Crippen molar-refractivity contribution in [1.82, 2.24) is 9.97 Å². The van der Waals surface area contributed by atoms with Crippen LogP contribution in [0.1, 0.15) is 20.0 Å². The number of nitrogens with two attached hydrogens (primary N) is 1. The SMILES string of the molecule is NC(=O)c1ccc2[nH]c(-c3c(C(=O)O)sc4cccc(Cl)c34)nc2c1Cl. The molecule has 2 heterocycles. The first-order valence-electron chi connectivity index (χ1n) is 7.31. The summed E-state index contributed by atoms with van der Waals surface area (Å²) in [5, 5.41) is 10.7.